The van der Waals surface area contributed by atoms with Crippen LogP contribution in [0.2, 0.25) is 8.67 Å². The van der Waals surface area contributed by atoms with Crippen LogP contribution in [0.15, 0.2) is 29.3 Å². The van der Waals surface area contributed by atoms with E-state index in [1.54, 1.807) is 12.1 Å². The topological polar surface area (TPSA) is 34.4 Å². The van der Waals surface area contributed by atoms with E-state index in [0.29, 0.717) is 19.4 Å². The van der Waals surface area contributed by atoms with Crippen molar-refractivity contribution in [2.45, 2.75) is 6.54 Å². The molecule has 116 valence electrons. The molecular weight excluding hydrogens is 378 g/mol. The number of carbonyl (C=O) groups is 1. The Morgan fingerprint density at radius 2 is 2.17 bits per heavy atom. The number of carbonyl (C=O) groups excluding carboxylic acids is 1. The molecule has 0 atom stereocenters. The van der Waals surface area contributed by atoms with E-state index >= 15 is 0 Å². The molecule has 2 heterocycles. The smallest absolute Gasteiger partial charge is 0.282 e. The maximum atomic E-state index is 14.1. The Balaban J connectivity index is 2.21. The van der Waals surface area contributed by atoms with Gasteiger partial charge in [0, 0.05) is 0 Å². The lowest BCUT2D eigenvalue weighted by atomic mass is 10.3. The zero-order valence-corrected chi connectivity index (χ0v) is 14.5. The maximum Gasteiger partial charge on any atom is 0.282 e. The Morgan fingerprint density at radius 3 is 2.83 bits per heavy atom. The van der Waals surface area contributed by atoms with Crippen molar-refractivity contribution in [3.8, 4) is 12.3 Å². The van der Waals surface area contributed by atoms with Gasteiger partial charge >= 0.3 is 0 Å². The number of thiazole rings is 1. The molecule has 0 N–H and O–H groups in total. The largest absolute Gasteiger partial charge is 0.302 e. The highest BCUT2D eigenvalue weighted by Gasteiger charge is 2.15. The lowest BCUT2D eigenvalue weighted by molar-refractivity contribution is 0.0998. The summed E-state index contributed by atoms with van der Waals surface area (Å²) < 4.78 is 16.9. The van der Waals surface area contributed by atoms with Crippen LogP contribution in [0.3, 0.4) is 0 Å². The van der Waals surface area contributed by atoms with E-state index in [2.05, 4.69) is 10.9 Å². The molecular formula is C15H7Cl2FN2OS2. The highest BCUT2D eigenvalue weighted by atomic mass is 35.5. The van der Waals surface area contributed by atoms with Gasteiger partial charge < -0.3 is 4.57 Å². The number of hydrogen-bond acceptors (Lipinski definition) is 3. The van der Waals surface area contributed by atoms with Crippen molar-refractivity contribution in [2.24, 2.45) is 4.99 Å². The first-order valence-corrected chi connectivity index (χ1v) is 8.65. The molecule has 0 aliphatic heterocycles. The van der Waals surface area contributed by atoms with Crippen molar-refractivity contribution in [2.75, 3.05) is 0 Å². The van der Waals surface area contributed by atoms with Crippen molar-refractivity contribution in [3.63, 3.8) is 0 Å². The van der Waals surface area contributed by atoms with Crippen LogP contribution in [-0.4, -0.2) is 10.5 Å². The minimum atomic E-state index is -0.545. The monoisotopic (exact) mass is 384 g/mol. The summed E-state index contributed by atoms with van der Waals surface area (Å²) in [6, 6.07) is 6.13. The van der Waals surface area contributed by atoms with Crippen molar-refractivity contribution in [3.05, 3.63) is 49.1 Å². The van der Waals surface area contributed by atoms with E-state index in [0.717, 1.165) is 11.3 Å². The molecule has 1 aromatic carbocycles. The van der Waals surface area contributed by atoms with E-state index in [4.69, 9.17) is 29.6 Å². The fourth-order valence-corrected chi connectivity index (χ4v) is 4.53. The molecule has 3 rings (SSSR count). The number of terminal acetylenes is 1. The average Bonchev–Trinajstić information content (AvgIpc) is 3.01. The first kappa shape index (κ1) is 16.2. The van der Waals surface area contributed by atoms with E-state index in [9.17, 15) is 9.18 Å². The van der Waals surface area contributed by atoms with Crippen molar-refractivity contribution in [1.29, 1.82) is 0 Å². The van der Waals surface area contributed by atoms with Gasteiger partial charge in [-0.1, -0.05) is 46.5 Å². The third-order valence-corrected chi connectivity index (χ3v) is 5.52. The fraction of sp³-hybridized carbons (Fsp3) is 0.0667. The molecule has 23 heavy (non-hydrogen) atoms. The van der Waals surface area contributed by atoms with Crippen LogP contribution in [0, 0.1) is 18.2 Å². The molecule has 8 heteroatoms. The molecule has 0 spiro atoms. The van der Waals surface area contributed by atoms with Gasteiger partial charge in [0.1, 0.15) is 10.2 Å². The number of amides is 1. The van der Waals surface area contributed by atoms with Gasteiger partial charge in [-0.3, -0.25) is 4.79 Å². The summed E-state index contributed by atoms with van der Waals surface area (Å²) in [4.78, 5) is 16.7. The maximum absolute atomic E-state index is 14.1. The lowest BCUT2D eigenvalue weighted by Gasteiger charge is -2.00. The molecule has 2 aromatic heterocycles. The van der Waals surface area contributed by atoms with E-state index in [1.165, 1.54) is 28.0 Å². The van der Waals surface area contributed by atoms with Crippen molar-refractivity contribution in [1.82, 2.24) is 4.57 Å². The summed E-state index contributed by atoms with van der Waals surface area (Å²) in [5.41, 5.74) is 0.545. The molecule has 0 bridgehead atoms. The second-order valence-corrected chi connectivity index (χ2v) is 7.71. The van der Waals surface area contributed by atoms with Crippen molar-refractivity contribution >= 4 is 62.0 Å². The normalized spacial score (nSPS) is 11.8. The molecule has 0 fully saturated rings. The molecule has 3 aromatic rings. The van der Waals surface area contributed by atoms with E-state index in [-0.39, 0.29) is 16.4 Å². The third-order valence-electron chi connectivity index (χ3n) is 2.99. The zero-order valence-electron chi connectivity index (χ0n) is 11.3. The number of rotatable bonds is 2. The van der Waals surface area contributed by atoms with Gasteiger partial charge in [-0.25, -0.2) is 4.39 Å². The van der Waals surface area contributed by atoms with Gasteiger partial charge in [-0.15, -0.1) is 17.8 Å². The Hall–Kier alpha value is -1.65. The first-order valence-electron chi connectivity index (χ1n) is 6.26. The van der Waals surface area contributed by atoms with Crippen LogP contribution in [0.5, 0.6) is 0 Å². The van der Waals surface area contributed by atoms with E-state index in [1.807, 2.05) is 0 Å². The average molecular weight is 385 g/mol. The Labute approximate surface area is 148 Å². The van der Waals surface area contributed by atoms with Gasteiger partial charge in [0.2, 0.25) is 0 Å². The van der Waals surface area contributed by atoms with Gasteiger partial charge in [0.25, 0.3) is 5.91 Å². The standard InChI is InChI=1S/C15H7Cl2FN2OS2/c1-2-6-20-12-9(18)4-3-5-10(12)22-15(20)19-14(21)8-7-11(16)23-13(8)17/h1,3-5,7H,6H2. The number of para-hydroxylation sites is 1. The number of aromatic nitrogens is 1. The quantitative estimate of drug-likeness (QED) is 0.595. The summed E-state index contributed by atoms with van der Waals surface area (Å²) in [5.74, 6) is 1.48. The highest BCUT2D eigenvalue weighted by molar-refractivity contribution is 7.20. The molecule has 0 saturated carbocycles. The van der Waals surface area contributed by atoms with Gasteiger partial charge in [0.05, 0.1) is 26.7 Å². The van der Waals surface area contributed by atoms with Crippen LogP contribution >= 0.6 is 45.9 Å². The molecule has 0 aliphatic carbocycles. The summed E-state index contributed by atoms with van der Waals surface area (Å²) >= 11 is 14.1. The van der Waals surface area contributed by atoms with Crippen LogP contribution < -0.4 is 4.80 Å². The molecule has 3 nitrogen and oxygen atoms in total. The molecule has 0 saturated heterocycles. The number of hydrogen-bond donors (Lipinski definition) is 0. The van der Waals surface area contributed by atoms with E-state index < -0.39 is 11.7 Å². The predicted molar refractivity (Wildman–Crippen MR) is 92.8 cm³/mol. The van der Waals surface area contributed by atoms with Gasteiger partial charge in [0.15, 0.2) is 4.80 Å². The highest BCUT2D eigenvalue weighted by Crippen LogP contribution is 2.31. The van der Waals surface area contributed by atoms with Crippen molar-refractivity contribution < 1.29 is 9.18 Å². The second kappa shape index (κ2) is 6.46. The van der Waals surface area contributed by atoms with Gasteiger partial charge in [-0.2, -0.15) is 4.99 Å². The van der Waals surface area contributed by atoms with Crippen LogP contribution in [0.25, 0.3) is 10.2 Å². The number of fused-ring (bicyclic) bond motifs is 1. The Kier molecular flexibility index (Phi) is 4.55. The Morgan fingerprint density at radius 1 is 1.39 bits per heavy atom. The third kappa shape index (κ3) is 3.06. The first-order chi connectivity index (χ1) is 11.0. The summed E-state index contributed by atoms with van der Waals surface area (Å²) in [7, 11) is 0. The minimum Gasteiger partial charge on any atom is -0.302 e. The fourth-order valence-electron chi connectivity index (χ4n) is 2.04. The zero-order chi connectivity index (χ0) is 16.6. The molecule has 0 radical (unpaired) electrons. The Bertz CT molecular complexity index is 1030. The minimum absolute atomic E-state index is 0.102. The van der Waals surface area contributed by atoms with Gasteiger partial charge in [-0.05, 0) is 18.2 Å². The molecule has 0 aliphatic rings. The summed E-state index contributed by atoms with van der Waals surface area (Å²) in [5, 5.41) is 0. The summed E-state index contributed by atoms with van der Waals surface area (Å²) in [6.45, 7) is 0.102. The lowest BCUT2D eigenvalue weighted by Crippen LogP contribution is -2.17. The second-order valence-electron chi connectivity index (χ2n) is 4.42. The van der Waals surface area contributed by atoms with Crippen LogP contribution in [-0.2, 0) is 6.54 Å². The number of thiophene rings is 1. The molecule has 0 unspecified atom stereocenters. The predicted octanol–water partition coefficient (Wildman–Crippen LogP) is 4.58. The SMILES string of the molecule is C#CCn1c(=NC(=O)c2cc(Cl)sc2Cl)sc2cccc(F)c21. The summed E-state index contributed by atoms with van der Waals surface area (Å²) in [6.07, 6.45) is 5.35. The van der Waals surface area contributed by atoms with Crippen LogP contribution in [0.4, 0.5) is 4.39 Å². The molecule has 1 amide bonds. The number of halogens is 3. The number of benzene rings is 1. The number of nitrogens with zero attached hydrogens (tertiary/aromatic N) is 2. The van der Waals surface area contributed by atoms with Crippen LogP contribution in [0.1, 0.15) is 10.4 Å².